The van der Waals surface area contributed by atoms with Crippen LogP contribution in [0.1, 0.15) is 18.9 Å². The van der Waals surface area contributed by atoms with Crippen LogP contribution in [0.15, 0.2) is 12.1 Å². The van der Waals surface area contributed by atoms with Gasteiger partial charge in [-0.25, -0.2) is 0 Å². The molecule has 0 spiro atoms. The maximum absolute atomic E-state index is 11.6. The molecule has 0 saturated heterocycles. The van der Waals surface area contributed by atoms with Gasteiger partial charge in [-0.3, -0.25) is 4.79 Å². The Hall–Kier alpha value is -1.26. The van der Waals surface area contributed by atoms with E-state index in [0.29, 0.717) is 28.4 Å². The van der Waals surface area contributed by atoms with Gasteiger partial charge in [0.1, 0.15) is 0 Å². The Morgan fingerprint density at radius 1 is 1.56 bits per heavy atom. The van der Waals surface area contributed by atoms with Crippen LogP contribution >= 0.6 is 11.6 Å². The van der Waals surface area contributed by atoms with E-state index < -0.39 is 6.10 Å². The molecular weight excluding hydrogens is 230 g/mol. The summed E-state index contributed by atoms with van der Waals surface area (Å²) in [5.41, 5.74) is 1.16. The number of ether oxygens (including phenoxy) is 1. The molecule has 0 bridgehead atoms. The van der Waals surface area contributed by atoms with Crippen molar-refractivity contribution in [2.45, 2.75) is 26.1 Å². The third-order valence-corrected chi connectivity index (χ3v) is 2.75. The number of amides is 1. The van der Waals surface area contributed by atoms with Crippen molar-refractivity contribution in [1.82, 2.24) is 0 Å². The molecule has 2 N–H and O–H groups in total. The molecule has 86 valence electrons. The summed E-state index contributed by atoms with van der Waals surface area (Å²) in [5.74, 6) is 0.298. The Balaban J connectivity index is 2.42. The largest absolute Gasteiger partial charge is 0.477 e. The zero-order chi connectivity index (χ0) is 11.7. The van der Waals surface area contributed by atoms with Crippen molar-refractivity contribution in [1.29, 1.82) is 0 Å². The van der Waals surface area contributed by atoms with Gasteiger partial charge in [-0.15, -0.1) is 0 Å². The highest BCUT2D eigenvalue weighted by atomic mass is 35.5. The number of halogens is 1. The lowest BCUT2D eigenvalue weighted by molar-refractivity contribution is -0.123. The fourth-order valence-corrected chi connectivity index (χ4v) is 1.92. The summed E-state index contributed by atoms with van der Waals surface area (Å²) < 4.78 is 5.50. The van der Waals surface area contributed by atoms with E-state index in [-0.39, 0.29) is 12.5 Å². The third kappa shape index (κ3) is 1.86. The molecule has 1 aromatic carbocycles. The summed E-state index contributed by atoms with van der Waals surface area (Å²) >= 11 is 6.01. The second kappa shape index (κ2) is 4.31. The predicted octanol–water partition coefficient (Wildman–Crippen LogP) is 1.94. The van der Waals surface area contributed by atoms with Crippen molar-refractivity contribution < 1.29 is 14.6 Å². The van der Waals surface area contributed by atoms with Gasteiger partial charge in [-0.05, 0) is 24.1 Å². The fourth-order valence-electron chi connectivity index (χ4n) is 1.63. The van der Waals surface area contributed by atoms with Crippen LogP contribution < -0.4 is 10.1 Å². The van der Waals surface area contributed by atoms with Gasteiger partial charge in [-0.2, -0.15) is 0 Å². The smallest absolute Gasteiger partial charge is 0.265 e. The molecule has 1 aromatic rings. The molecule has 1 atom stereocenters. The topological polar surface area (TPSA) is 58.6 Å². The Morgan fingerprint density at radius 2 is 2.31 bits per heavy atom. The summed E-state index contributed by atoms with van der Waals surface area (Å²) in [6.45, 7) is 1.74. The summed E-state index contributed by atoms with van der Waals surface area (Å²) in [6, 6.07) is 3.29. The molecule has 0 aliphatic carbocycles. The molecule has 1 aliphatic heterocycles. The summed E-state index contributed by atoms with van der Waals surface area (Å²) in [7, 11) is 0. The van der Waals surface area contributed by atoms with E-state index in [0.717, 1.165) is 0 Å². The summed E-state index contributed by atoms with van der Waals surface area (Å²) in [5, 5.41) is 12.1. The van der Waals surface area contributed by atoms with Crippen molar-refractivity contribution in [2.75, 3.05) is 5.32 Å². The molecule has 5 heteroatoms. The molecule has 1 heterocycles. The third-order valence-electron chi connectivity index (χ3n) is 2.47. The van der Waals surface area contributed by atoms with E-state index in [1.165, 1.54) is 0 Å². The lowest BCUT2D eigenvalue weighted by atomic mass is 10.1. The van der Waals surface area contributed by atoms with Crippen LogP contribution in [-0.2, 0) is 11.4 Å². The Labute approximate surface area is 98.2 Å². The first kappa shape index (κ1) is 11.2. The number of carbonyl (C=O) groups is 1. The maximum atomic E-state index is 11.6. The Bertz CT molecular complexity index is 433. The second-order valence-electron chi connectivity index (χ2n) is 3.62. The van der Waals surface area contributed by atoms with Crippen molar-refractivity contribution in [2.24, 2.45) is 0 Å². The summed E-state index contributed by atoms with van der Waals surface area (Å²) in [4.78, 5) is 11.6. The molecule has 4 nitrogen and oxygen atoms in total. The molecule has 1 unspecified atom stereocenters. The molecule has 16 heavy (non-hydrogen) atoms. The van der Waals surface area contributed by atoms with E-state index in [1.54, 1.807) is 12.1 Å². The number of carbonyl (C=O) groups excluding carboxylic acids is 1. The number of anilines is 1. The number of fused-ring (bicyclic) bond motifs is 1. The summed E-state index contributed by atoms with van der Waals surface area (Å²) in [6.07, 6.45) is 0.0913. The minimum absolute atomic E-state index is 0.125. The average molecular weight is 242 g/mol. The zero-order valence-corrected chi connectivity index (χ0v) is 9.54. The van der Waals surface area contributed by atoms with Gasteiger partial charge < -0.3 is 15.2 Å². The van der Waals surface area contributed by atoms with E-state index >= 15 is 0 Å². The SMILES string of the molecule is CCC1Oc2c(Cl)cc(CO)cc2NC1=O. The quantitative estimate of drug-likeness (QED) is 0.832. The van der Waals surface area contributed by atoms with Crippen molar-refractivity contribution in [3.05, 3.63) is 22.7 Å². The number of nitrogens with one attached hydrogen (secondary N) is 1. The molecule has 0 fully saturated rings. The lowest BCUT2D eigenvalue weighted by Gasteiger charge is -2.26. The van der Waals surface area contributed by atoms with Gasteiger partial charge in [0.05, 0.1) is 17.3 Å². The number of rotatable bonds is 2. The van der Waals surface area contributed by atoms with Gasteiger partial charge in [0.15, 0.2) is 11.9 Å². The predicted molar refractivity (Wildman–Crippen MR) is 60.7 cm³/mol. The molecule has 1 aliphatic rings. The molecule has 0 radical (unpaired) electrons. The number of aliphatic hydroxyl groups excluding tert-OH is 1. The first-order valence-electron chi connectivity index (χ1n) is 5.06. The van der Waals surface area contributed by atoms with Crippen LogP contribution in [0.5, 0.6) is 5.75 Å². The Kier molecular flexibility index (Phi) is 3.03. The zero-order valence-electron chi connectivity index (χ0n) is 8.79. The fraction of sp³-hybridized carbons (Fsp3) is 0.364. The highest BCUT2D eigenvalue weighted by Crippen LogP contribution is 2.38. The number of hydrogen-bond donors (Lipinski definition) is 2. The average Bonchev–Trinajstić information content (AvgIpc) is 2.28. The van der Waals surface area contributed by atoms with Crippen LogP contribution in [0, 0.1) is 0 Å². The molecule has 0 saturated carbocycles. The normalized spacial score (nSPS) is 18.7. The second-order valence-corrected chi connectivity index (χ2v) is 4.02. The molecule has 1 amide bonds. The highest BCUT2D eigenvalue weighted by Gasteiger charge is 2.27. The minimum atomic E-state index is -0.495. The van der Waals surface area contributed by atoms with Crippen LogP contribution in [0.25, 0.3) is 0 Å². The van der Waals surface area contributed by atoms with Gasteiger partial charge in [0.25, 0.3) is 5.91 Å². The van der Waals surface area contributed by atoms with E-state index in [9.17, 15) is 4.79 Å². The molecule has 0 aromatic heterocycles. The maximum Gasteiger partial charge on any atom is 0.265 e. The monoisotopic (exact) mass is 241 g/mol. The number of aliphatic hydroxyl groups is 1. The Morgan fingerprint density at radius 3 is 2.94 bits per heavy atom. The first-order valence-corrected chi connectivity index (χ1v) is 5.44. The van der Waals surface area contributed by atoms with Crippen molar-refractivity contribution in [3.8, 4) is 5.75 Å². The van der Waals surface area contributed by atoms with Crippen molar-refractivity contribution >= 4 is 23.2 Å². The van der Waals surface area contributed by atoms with Gasteiger partial charge in [0, 0.05) is 0 Å². The molecule has 2 rings (SSSR count). The number of hydrogen-bond acceptors (Lipinski definition) is 3. The van der Waals surface area contributed by atoms with Crippen LogP contribution in [0.4, 0.5) is 5.69 Å². The van der Waals surface area contributed by atoms with Gasteiger partial charge >= 0.3 is 0 Å². The molecular formula is C11H12ClNO3. The highest BCUT2D eigenvalue weighted by molar-refractivity contribution is 6.33. The minimum Gasteiger partial charge on any atom is -0.477 e. The van der Waals surface area contributed by atoms with Gasteiger partial charge in [-0.1, -0.05) is 18.5 Å². The van der Waals surface area contributed by atoms with Crippen LogP contribution in [-0.4, -0.2) is 17.1 Å². The standard InChI is InChI=1S/C11H12ClNO3/c1-2-9-11(15)13-8-4-6(5-14)3-7(12)10(8)16-9/h3-4,9,14H,2,5H2,1H3,(H,13,15). The van der Waals surface area contributed by atoms with Gasteiger partial charge in [0.2, 0.25) is 0 Å². The number of benzene rings is 1. The van der Waals surface area contributed by atoms with E-state index in [4.69, 9.17) is 21.4 Å². The van der Waals surface area contributed by atoms with E-state index in [2.05, 4.69) is 5.32 Å². The van der Waals surface area contributed by atoms with Crippen molar-refractivity contribution in [3.63, 3.8) is 0 Å². The van der Waals surface area contributed by atoms with Crippen LogP contribution in [0.2, 0.25) is 5.02 Å². The van der Waals surface area contributed by atoms with Crippen LogP contribution in [0.3, 0.4) is 0 Å². The first-order chi connectivity index (χ1) is 7.65. The lowest BCUT2D eigenvalue weighted by Crippen LogP contribution is -2.36. The van der Waals surface area contributed by atoms with E-state index in [1.807, 2.05) is 6.92 Å².